The van der Waals surface area contributed by atoms with E-state index in [0.717, 1.165) is 40.9 Å². The van der Waals surface area contributed by atoms with Crippen molar-refractivity contribution in [2.75, 3.05) is 13.7 Å². The van der Waals surface area contributed by atoms with Crippen molar-refractivity contribution in [3.05, 3.63) is 35.3 Å². The van der Waals surface area contributed by atoms with Gasteiger partial charge in [-0.2, -0.15) is 0 Å². The molecule has 0 fully saturated rings. The molecule has 0 aliphatic carbocycles. The fourth-order valence-electron chi connectivity index (χ4n) is 3.47. The summed E-state index contributed by atoms with van der Waals surface area (Å²) in [4.78, 5) is 4.92. The molecule has 0 atom stereocenters. The minimum Gasteiger partial charge on any atom is -0.507 e. The summed E-state index contributed by atoms with van der Waals surface area (Å²) in [6.45, 7) is 21.9. The van der Waals surface area contributed by atoms with E-state index in [4.69, 9.17) is 9.72 Å². The van der Waals surface area contributed by atoms with Crippen molar-refractivity contribution in [3.8, 4) is 17.0 Å². The molecule has 1 aromatic carbocycles. The number of phenols is 1. The number of phenolic OH excluding ortho intramolecular Hbond substituents is 1. The molecule has 0 spiro atoms. The summed E-state index contributed by atoms with van der Waals surface area (Å²) in [6.07, 6.45) is 2.08. The standard InChI is InChI=1S/C25H43N3O2Si/c1-24(2,3)19-13-18(14-20(23(19)29)25(4,5)6)21-16-28(22(27-21)15-26-7)17-30-11-12-31(8,9)10/h13-14,16,26,29H,11-12,15,17H2,1-10H3. The molecule has 0 bridgehead atoms. The van der Waals surface area contributed by atoms with Crippen molar-refractivity contribution < 1.29 is 9.84 Å². The number of nitrogens with zero attached hydrogens (tertiary/aromatic N) is 2. The second-order valence-electron chi connectivity index (χ2n) is 11.8. The summed E-state index contributed by atoms with van der Waals surface area (Å²) in [6, 6.07) is 5.33. The number of ether oxygens (including phenoxy) is 1. The van der Waals surface area contributed by atoms with E-state index in [0.29, 0.717) is 19.0 Å². The Morgan fingerprint density at radius 3 is 2.03 bits per heavy atom. The number of hydrogen-bond acceptors (Lipinski definition) is 4. The fourth-order valence-corrected chi connectivity index (χ4v) is 4.23. The summed E-state index contributed by atoms with van der Waals surface area (Å²) < 4.78 is 8.09. The first-order valence-electron chi connectivity index (χ1n) is 11.3. The second kappa shape index (κ2) is 9.47. The van der Waals surface area contributed by atoms with Crippen LogP contribution in [0.3, 0.4) is 0 Å². The van der Waals surface area contributed by atoms with Crippen LogP contribution in [-0.4, -0.2) is 36.4 Å². The largest absolute Gasteiger partial charge is 0.507 e. The maximum absolute atomic E-state index is 11.0. The smallest absolute Gasteiger partial charge is 0.125 e. The summed E-state index contributed by atoms with van der Waals surface area (Å²) >= 11 is 0. The molecule has 1 aromatic heterocycles. The van der Waals surface area contributed by atoms with Crippen LogP contribution in [-0.2, 0) is 28.8 Å². The predicted molar refractivity (Wildman–Crippen MR) is 134 cm³/mol. The minimum absolute atomic E-state index is 0.170. The van der Waals surface area contributed by atoms with E-state index in [1.54, 1.807) is 0 Å². The first-order chi connectivity index (χ1) is 14.1. The molecule has 6 heteroatoms. The molecule has 0 amide bonds. The van der Waals surface area contributed by atoms with Crippen molar-refractivity contribution in [2.45, 2.75) is 91.3 Å². The Balaban J connectivity index is 2.45. The Labute approximate surface area is 190 Å². The number of aromatic nitrogens is 2. The molecule has 31 heavy (non-hydrogen) atoms. The van der Waals surface area contributed by atoms with Gasteiger partial charge in [0, 0.05) is 37.6 Å². The molecule has 2 rings (SSSR count). The molecule has 0 saturated carbocycles. The maximum atomic E-state index is 11.0. The quantitative estimate of drug-likeness (QED) is 0.393. The molecule has 174 valence electrons. The van der Waals surface area contributed by atoms with Crippen molar-refractivity contribution in [3.63, 3.8) is 0 Å². The average molecular weight is 446 g/mol. The van der Waals surface area contributed by atoms with Gasteiger partial charge in [0.2, 0.25) is 0 Å². The molecule has 1 heterocycles. The van der Waals surface area contributed by atoms with Crippen LogP contribution in [0.1, 0.15) is 58.5 Å². The van der Waals surface area contributed by atoms with Gasteiger partial charge >= 0.3 is 0 Å². The van der Waals surface area contributed by atoms with Crippen molar-refractivity contribution in [1.29, 1.82) is 0 Å². The first kappa shape index (κ1) is 25.6. The van der Waals surface area contributed by atoms with Gasteiger partial charge < -0.3 is 19.7 Å². The Hall–Kier alpha value is -1.63. The van der Waals surface area contributed by atoms with Gasteiger partial charge in [-0.1, -0.05) is 61.2 Å². The van der Waals surface area contributed by atoms with E-state index >= 15 is 0 Å². The Bertz CT molecular complexity index is 849. The van der Waals surface area contributed by atoms with E-state index < -0.39 is 8.07 Å². The zero-order chi connectivity index (χ0) is 23.6. The zero-order valence-electron chi connectivity index (χ0n) is 21.3. The Morgan fingerprint density at radius 1 is 1.03 bits per heavy atom. The van der Waals surface area contributed by atoms with Gasteiger partial charge in [-0.05, 0) is 36.1 Å². The lowest BCUT2D eigenvalue weighted by atomic mass is 9.78. The SMILES string of the molecule is CNCc1nc(-c2cc(C(C)(C)C)c(O)c(C(C)(C)C)c2)cn1COCC[Si](C)(C)C. The van der Waals surface area contributed by atoms with Crippen LogP contribution in [0.15, 0.2) is 18.3 Å². The highest BCUT2D eigenvalue weighted by Crippen LogP contribution is 2.41. The minimum atomic E-state index is -1.11. The summed E-state index contributed by atoms with van der Waals surface area (Å²) in [5.41, 5.74) is 3.50. The van der Waals surface area contributed by atoms with Crippen LogP contribution < -0.4 is 5.32 Å². The first-order valence-corrected chi connectivity index (χ1v) is 15.0. The lowest BCUT2D eigenvalue weighted by Crippen LogP contribution is -2.22. The number of rotatable bonds is 8. The van der Waals surface area contributed by atoms with Crippen LogP contribution >= 0.6 is 0 Å². The fraction of sp³-hybridized carbons (Fsp3) is 0.640. The highest BCUT2D eigenvalue weighted by atomic mass is 28.3. The zero-order valence-corrected chi connectivity index (χ0v) is 22.3. The molecule has 0 radical (unpaired) electrons. The number of imidazole rings is 1. The molecular formula is C25H43N3O2Si. The number of nitrogens with one attached hydrogen (secondary N) is 1. The average Bonchev–Trinajstić information content (AvgIpc) is 2.99. The molecule has 0 unspecified atom stereocenters. The Morgan fingerprint density at radius 2 is 1.58 bits per heavy atom. The molecule has 0 saturated heterocycles. The van der Waals surface area contributed by atoms with Gasteiger partial charge in [-0.3, -0.25) is 0 Å². The molecule has 0 aliphatic rings. The molecule has 2 aromatic rings. The second-order valence-corrected chi connectivity index (χ2v) is 17.4. The van der Waals surface area contributed by atoms with Crippen LogP contribution in [0.4, 0.5) is 0 Å². The topological polar surface area (TPSA) is 59.3 Å². The van der Waals surface area contributed by atoms with E-state index in [1.165, 1.54) is 0 Å². The van der Waals surface area contributed by atoms with Gasteiger partial charge in [0.1, 0.15) is 18.3 Å². The summed E-state index contributed by atoms with van der Waals surface area (Å²) in [5.74, 6) is 1.35. The lowest BCUT2D eigenvalue weighted by Gasteiger charge is -2.28. The van der Waals surface area contributed by atoms with E-state index in [1.807, 2.05) is 7.05 Å². The van der Waals surface area contributed by atoms with E-state index in [-0.39, 0.29) is 10.8 Å². The third-order valence-corrected chi connectivity index (χ3v) is 7.15. The predicted octanol–water partition coefficient (Wildman–Crippen LogP) is 5.88. The third-order valence-electron chi connectivity index (χ3n) is 5.44. The van der Waals surface area contributed by atoms with Gasteiger partial charge in [-0.25, -0.2) is 4.98 Å². The van der Waals surface area contributed by atoms with Gasteiger partial charge in [0.05, 0.1) is 12.2 Å². The third kappa shape index (κ3) is 6.92. The van der Waals surface area contributed by atoms with Crippen LogP contribution in [0.5, 0.6) is 5.75 Å². The van der Waals surface area contributed by atoms with Gasteiger partial charge in [0.15, 0.2) is 0 Å². The highest BCUT2D eigenvalue weighted by Gasteiger charge is 2.27. The number of aromatic hydroxyl groups is 1. The molecule has 5 nitrogen and oxygen atoms in total. The normalized spacial score (nSPS) is 13.1. The number of hydrogen-bond donors (Lipinski definition) is 2. The van der Waals surface area contributed by atoms with Gasteiger partial charge in [-0.15, -0.1) is 0 Å². The van der Waals surface area contributed by atoms with Crippen LogP contribution in [0.25, 0.3) is 11.3 Å². The molecular weight excluding hydrogens is 402 g/mol. The lowest BCUT2D eigenvalue weighted by molar-refractivity contribution is 0.0850. The number of benzene rings is 1. The van der Waals surface area contributed by atoms with Crippen molar-refractivity contribution in [2.24, 2.45) is 0 Å². The van der Waals surface area contributed by atoms with Gasteiger partial charge in [0.25, 0.3) is 0 Å². The van der Waals surface area contributed by atoms with Crippen molar-refractivity contribution in [1.82, 2.24) is 14.9 Å². The van der Waals surface area contributed by atoms with Crippen LogP contribution in [0, 0.1) is 0 Å². The highest BCUT2D eigenvalue weighted by molar-refractivity contribution is 6.76. The monoisotopic (exact) mass is 445 g/mol. The molecule has 0 aliphatic heterocycles. The van der Waals surface area contributed by atoms with E-state index in [2.05, 4.69) is 89.4 Å². The van der Waals surface area contributed by atoms with Crippen molar-refractivity contribution >= 4 is 8.07 Å². The van der Waals surface area contributed by atoms with E-state index in [9.17, 15) is 5.11 Å². The molecule has 2 N–H and O–H groups in total. The summed E-state index contributed by atoms with van der Waals surface area (Å²) in [7, 11) is 0.820. The Kier molecular flexibility index (Phi) is 7.83. The maximum Gasteiger partial charge on any atom is 0.125 e. The van der Waals surface area contributed by atoms with Crippen LogP contribution in [0.2, 0.25) is 25.7 Å². The summed E-state index contributed by atoms with van der Waals surface area (Å²) in [5, 5.41) is 14.2.